The average Bonchev–Trinajstić information content (AvgIpc) is 2.87. The highest BCUT2D eigenvalue weighted by molar-refractivity contribution is 9.10. The second-order valence-corrected chi connectivity index (χ2v) is 6.25. The number of hydrogen-bond acceptors (Lipinski definition) is 1. The molecule has 1 saturated heterocycles. The van der Waals surface area contributed by atoms with Crippen LogP contribution in [0.1, 0.15) is 16.8 Å². The Kier molecular flexibility index (Phi) is 4.00. The number of amides is 1. The molecule has 0 N–H and O–H groups in total. The van der Waals surface area contributed by atoms with Gasteiger partial charge in [0, 0.05) is 23.0 Å². The minimum Gasteiger partial charge on any atom is -0.332 e. The van der Waals surface area contributed by atoms with Gasteiger partial charge in [-0.05, 0) is 29.3 Å². The van der Waals surface area contributed by atoms with Gasteiger partial charge < -0.3 is 4.90 Å². The van der Waals surface area contributed by atoms with Gasteiger partial charge in [-0.2, -0.15) is 0 Å². The zero-order valence-electron chi connectivity index (χ0n) is 11.7. The molecule has 0 bridgehead atoms. The third-order valence-corrected chi connectivity index (χ3v) is 4.44. The largest absolute Gasteiger partial charge is 0.332 e. The van der Waals surface area contributed by atoms with Crippen LogP contribution in [0.5, 0.6) is 0 Å². The standard InChI is InChI=1S/C17H14BrF2NO/c18-15-7-2-1-6-14(15)12-4-3-5-13(10-12)16(22)21-9-8-17(19,20)11-21/h1-7,10H,8-9,11H2. The van der Waals surface area contributed by atoms with E-state index in [2.05, 4.69) is 15.9 Å². The smallest absolute Gasteiger partial charge is 0.267 e. The topological polar surface area (TPSA) is 20.3 Å². The van der Waals surface area contributed by atoms with E-state index in [1.54, 1.807) is 18.2 Å². The summed E-state index contributed by atoms with van der Waals surface area (Å²) in [5, 5.41) is 0. The molecule has 0 spiro atoms. The number of carbonyl (C=O) groups is 1. The number of halogens is 3. The number of likely N-dealkylation sites (tertiary alicyclic amines) is 1. The first-order valence-corrected chi connectivity index (χ1v) is 7.78. The molecular weight excluding hydrogens is 352 g/mol. The number of rotatable bonds is 2. The predicted octanol–water partition coefficient (Wildman–Crippen LogP) is 4.60. The van der Waals surface area contributed by atoms with Gasteiger partial charge in [0.1, 0.15) is 0 Å². The van der Waals surface area contributed by atoms with Gasteiger partial charge in [0.15, 0.2) is 0 Å². The summed E-state index contributed by atoms with van der Waals surface area (Å²) < 4.78 is 27.5. The van der Waals surface area contributed by atoms with Gasteiger partial charge in [-0.15, -0.1) is 0 Å². The van der Waals surface area contributed by atoms with Crippen molar-refractivity contribution in [2.24, 2.45) is 0 Å². The van der Waals surface area contributed by atoms with Crippen LogP contribution in [0.25, 0.3) is 11.1 Å². The highest BCUT2D eigenvalue weighted by atomic mass is 79.9. The van der Waals surface area contributed by atoms with E-state index in [9.17, 15) is 13.6 Å². The summed E-state index contributed by atoms with van der Waals surface area (Å²) in [5.74, 6) is -3.11. The van der Waals surface area contributed by atoms with E-state index in [4.69, 9.17) is 0 Å². The van der Waals surface area contributed by atoms with Gasteiger partial charge in [0.05, 0.1) is 6.54 Å². The van der Waals surface area contributed by atoms with Gasteiger partial charge in [-0.25, -0.2) is 8.78 Å². The fraction of sp³-hybridized carbons (Fsp3) is 0.235. The first kappa shape index (κ1) is 15.2. The molecule has 1 amide bonds. The number of hydrogen-bond donors (Lipinski definition) is 0. The maximum absolute atomic E-state index is 13.3. The monoisotopic (exact) mass is 365 g/mol. The molecule has 3 rings (SSSR count). The van der Waals surface area contributed by atoms with Crippen LogP contribution in [0, 0.1) is 0 Å². The van der Waals surface area contributed by atoms with Crippen molar-refractivity contribution >= 4 is 21.8 Å². The van der Waals surface area contributed by atoms with E-state index in [1.807, 2.05) is 30.3 Å². The zero-order valence-corrected chi connectivity index (χ0v) is 13.3. The minimum absolute atomic E-state index is 0.102. The summed E-state index contributed by atoms with van der Waals surface area (Å²) in [4.78, 5) is 13.6. The maximum Gasteiger partial charge on any atom is 0.267 e. The summed E-state index contributed by atoms with van der Waals surface area (Å²) in [6, 6.07) is 14.8. The summed E-state index contributed by atoms with van der Waals surface area (Å²) >= 11 is 3.48. The Morgan fingerprint density at radius 3 is 2.59 bits per heavy atom. The number of carbonyl (C=O) groups excluding carboxylic acids is 1. The first-order chi connectivity index (χ1) is 10.5. The van der Waals surface area contributed by atoms with E-state index in [1.165, 1.54) is 4.90 Å². The van der Waals surface area contributed by atoms with E-state index < -0.39 is 12.5 Å². The van der Waals surface area contributed by atoms with Crippen molar-refractivity contribution in [3.8, 4) is 11.1 Å². The van der Waals surface area contributed by atoms with Crippen LogP contribution < -0.4 is 0 Å². The zero-order chi connectivity index (χ0) is 15.7. The van der Waals surface area contributed by atoms with Crippen LogP contribution in [0.15, 0.2) is 53.0 Å². The first-order valence-electron chi connectivity index (χ1n) is 6.98. The van der Waals surface area contributed by atoms with Crippen molar-refractivity contribution < 1.29 is 13.6 Å². The predicted molar refractivity (Wildman–Crippen MR) is 85.0 cm³/mol. The molecule has 5 heteroatoms. The van der Waals surface area contributed by atoms with Crippen molar-refractivity contribution in [1.29, 1.82) is 0 Å². The molecule has 0 aliphatic carbocycles. The van der Waals surface area contributed by atoms with Gasteiger partial charge in [-0.3, -0.25) is 4.79 Å². The van der Waals surface area contributed by atoms with Crippen LogP contribution in [0.4, 0.5) is 8.78 Å². The van der Waals surface area contributed by atoms with Crippen molar-refractivity contribution in [3.63, 3.8) is 0 Å². The Bertz CT molecular complexity index is 717. The van der Waals surface area contributed by atoms with Crippen LogP contribution >= 0.6 is 15.9 Å². The summed E-state index contributed by atoms with van der Waals surface area (Å²) in [6.45, 7) is -0.393. The van der Waals surface area contributed by atoms with Gasteiger partial charge in [0.2, 0.25) is 0 Å². The Morgan fingerprint density at radius 2 is 1.91 bits per heavy atom. The van der Waals surface area contributed by atoms with Crippen LogP contribution in [-0.2, 0) is 0 Å². The van der Waals surface area contributed by atoms with Crippen molar-refractivity contribution in [3.05, 3.63) is 58.6 Å². The molecule has 1 heterocycles. The third-order valence-electron chi connectivity index (χ3n) is 3.75. The van der Waals surface area contributed by atoms with Crippen LogP contribution in [0.3, 0.4) is 0 Å². The molecule has 2 aromatic carbocycles. The Balaban J connectivity index is 1.89. The molecule has 1 aliphatic rings. The molecular formula is C17H14BrF2NO. The quantitative estimate of drug-likeness (QED) is 0.761. The fourth-order valence-electron chi connectivity index (χ4n) is 2.61. The molecule has 1 fully saturated rings. The molecule has 0 aromatic heterocycles. The third kappa shape index (κ3) is 3.04. The SMILES string of the molecule is O=C(c1cccc(-c2ccccc2Br)c1)N1CCC(F)(F)C1. The Hall–Kier alpha value is -1.75. The highest BCUT2D eigenvalue weighted by Crippen LogP contribution is 2.30. The van der Waals surface area contributed by atoms with Gasteiger partial charge in [0.25, 0.3) is 11.8 Å². The number of alkyl halides is 2. The molecule has 2 nitrogen and oxygen atoms in total. The van der Waals surface area contributed by atoms with Crippen molar-refractivity contribution in [1.82, 2.24) is 4.90 Å². The molecule has 0 radical (unpaired) electrons. The maximum atomic E-state index is 13.3. The molecule has 0 saturated carbocycles. The lowest BCUT2D eigenvalue weighted by atomic mass is 10.0. The lowest BCUT2D eigenvalue weighted by Gasteiger charge is -2.16. The van der Waals surface area contributed by atoms with Crippen LogP contribution in [0.2, 0.25) is 0 Å². The fourth-order valence-corrected chi connectivity index (χ4v) is 3.12. The Morgan fingerprint density at radius 1 is 1.14 bits per heavy atom. The van der Waals surface area contributed by atoms with Crippen LogP contribution in [-0.4, -0.2) is 29.8 Å². The molecule has 22 heavy (non-hydrogen) atoms. The molecule has 0 unspecified atom stereocenters. The van der Waals surface area contributed by atoms with E-state index >= 15 is 0 Å². The van der Waals surface area contributed by atoms with Crippen molar-refractivity contribution in [2.75, 3.05) is 13.1 Å². The van der Waals surface area contributed by atoms with E-state index in [-0.39, 0.29) is 18.9 Å². The number of nitrogens with zero attached hydrogens (tertiary/aromatic N) is 1. The van der Waals surface area contributed by atoms with E-state index in [0.29, 0.717) is 5.56 Å². The molecule has 0 atom stereocenters. The van der Waals surface area contributed by atoms with Crippen molar-refractivity contribution in [2.45, 2.75) is 12.3 Å². The second kappa shape index (κ2) is 5.80. The normalized spacial score (nSPS) is 16.8. The summed E-state index contributed by atoms with van der Waals surface area (Å²) in [5.41, 5.74) is 2.28. The summed E-state index contributed by atoms with van der Waals surface area (Å²) in [7, 11) is 0. The molecule has 2 aromatic rings. The molecule has 1 aliphatic heterocycles. The lowest BCUT2D eigenvalue weighted by molar-refractivity contribution is 0.0120. The minimum atomic E-state index is -2.77. The summed E-state index contributed by atoms with van der Waals surface area (Å²) in [6.07, 6.45) is -0.261. The second-order valence-electron chi connectivity index (χ2n) is 5.39. The number of benzene rings is 2. The Labute approximate surface area is 135 Å². The highest BCUT2D eigenvalue weighted by Gasteiger charge is 2.40. The van der Waals surface area contributed by atoms with Gasteiger partial charge in [-0.1, -0.05) is 46.3 Å². The lowest BCUT2D eigenvalue weighted by Crippen LogP contribution is -2.31. The van der Waals surface area contributed by atoms with E-state index in [0.717, 1.165) is 15.6 Å². The van der Waals surface area contributed by atoms with Gasteiger partial charge >= 0.3 is 0 Å². The average molecular weight is 366 g/mol. The molecule has 114 valence electrons.